The van der Waals surface area contributed by atoms with Gasteiger partial charge in [-0.2, -0.15) is 0 Å². The van der Waals surface area contributed by atoms with Crippen molar-refractivity contribution >= 4 is 22.4 Å². The average Bonchev–Trinajstić information content (AvgIpc) is 2.81. The molecular weight excluding hydrogens is 276 g/mol. The molecule has 2 rings (SSSR count). The van der Waals surface area contributed by atoms with Gasteiger partial charge in [-0.15, -0.1) is 10.2 Å². The molecule has 0 spiro atoms. The third-order valence-electron chi connectivity index (χ3n) is 2.87. The second kappa shape index (κ2) is 5.96. The van der Waals surface area contributed by atoms with Crippen LogP contribution in [0, 0.1) is 13.8 Å². The van der Waals surface area contributed by atoms with E-state index in [4.69, 9.17) is 0 Å². The van der Waals surface area contributed by atoms with Crippen LogP contribution in [0.25, 0.3) is 0 Å². The number of aromatic nitrogens is 3. The second-order valence-corrected chi connectivity index (χ2v) is 5.52. The number of nitrogens with one attached hydrogen (secondary N) is 1. The highest BCUT2D eigenvalue weighted by atomic mass is 32.1. The van der Waals surface area contributed by atoms with E-state index in [0.717, 1.165) is 22.8 Å². The molecule has 20 heavy (non-hydrogen) atoms. The Labute approximate surface area is 120 Å². The van der Waals surface area contributed by atoms with Crippen molar-refractivity contribution in [2.75, 3.05) is 5.32 Å². The molecule has 0 fully saturated rings. The molecule has 6 nitrogen and oxygen atoms in total. The number of hydrogen-bond acceptors (Lipinski definition) is 5. The van der Waals surface area contributed by atoms with Crippen LogP contribution in [-0.2, 0) is 17.8 Å². The zero-order chi connectivity index (χ0) is 14.7. The number of rotatable bonds is 4. The van der Waals surface area contributed by atoms with Crippen LogP contribution in [0.3, 0.4) is 0 Å². The van der Waals surface area contributed by atoms with Gasteiger partial charge in [0.2, 0.25) is 11.0 Å². The minimum absolute atomic E-state index is 0.0478. The minimum Gasteiger partial charge on any atom is -0.340 e. The van der Waals surface area contributed by atoms with Crippen molar-refractivity contribution in [2.45, 2.75) is 33.7 Å². The summed E-state index contributed by atoms with van der Waals surface area (Å²) in [4.78, 5) is 23.3. The van der Waals surface area contributed by atoms with Crippen molar-refractivity contribution in [3.05, 3.63) is 38.8 Å². The second-order valence-electron chi connectivity index (χ2n) is 4.46. The van der Waals surface area contributed by atoms with Crippen LogP contribution >= 0.6 is 11.3 Å². The molecule has 2 heterocycles. The van der Waals surface area contributed by atoms with E-state index in [-0.39, 0.29) is 17.9 Å². The van der Waals surface area contributed by atoms with Crippen molar-refractivity contribution in [1.29, 1.82) is 0 Å². The number of aryl methyl sites for hydroxylation is 3. The normalized spacial score (nSPS) is 10.6. The van der Waals surface area contributed by atoms with Crippen LogP contribution in [0.2, 0.25) is 0 Å². The molecule has 0 aromatic carbocycles. The number of anilines is 1. The summed E-state index contributed by atoms with van der Waals surface area (Å²) in [7, 11) is 0. The molecule has 1 N–H and O–H groups in total. The average molecular weight is 292 g/mol. The van der Waals surface area contributed by atoms with Gasteiger partial charge in [0.15, 0.2) is 5.43 Å². The molecular formula is C13H16N4O2S. The van der Waals surface area contributed by atoms with Crippen LogP contribution in [0.1, 0.15) is 23.3 Å². The van der Waals surface area contributed by atoms with Crippen LogP contribution in [0.5, 0.6) is 0 Å². The van der Waals surface area contributed by atoms with Crippen LogP contribution in [-0.4, -0.2) is 20.7 Å². The predicted octanol–water partition coefficient (Wildman–Crippen LogP) is 1.52. The molecule has 2 aromatic heterocycles. The largest absolute Gasteiger partial charge is 0.340 e. The highest BCUT2D eigenvalue weighted by Gasteiger charge is 2.10. The Balaban J connectivity index is 2.10. The van der Waals surface area contributed by atoms with E-state index in [9.17, 15) is 9.59 Å². The summed E-state index contributed by atoms with van der Waals surface area (Å²) in [6, 6.07) is 3.03. The Bertz CT molecular complexity index is 664. The third kappa shape index (κ3) is 3.30. The van der Waals surface area contributed by atoms with Gasteiger partial charge in [0, 0.05) is 23.5 Å². The number of amides is 1. The number of pyridine rings is 1. The quantitative estimate of drug-likeness (QED) is 0.927. The fourth-order valence-corrected chi connectivity index (χ4v) is 2.58. The van der Waals surface area contributed by atoms with Crippen molar-refractivity contribution in [3.8, 4) is 0 Å². The Morgan fingerprint density at radius 2 is 1.95 bits per heavy atom. The lowest BCUT2D eigenvalue weighted by Crippen LogP contribution is -2.23. The molecule has 1 amide bonds. The summed E-state index contributed by atoms with van der Waals surface area (Å²) >= 11 is 1.37. The Hall–Kier alpha value is -2.02. The molecule has 106 valence electrons. The maximum absolute atomic E-state index is 12.0. The van der Waals surface area contributed by atoms with E-state index in [0.29, 0.717) is 5.13 Å². The van der Waals surface area contributed by atoms with Gasteiger partial charge in [0.1, 0.15) is 11.6 Å². The van der Waals surface area contributed by atoms with E-state index >= 15 is 0 Å². The monoisotopic (exact) mass is 292 g/mol. The standard InChI is InChI=1S/C13H16N4O2S/c1-4-12-15-16-13(20-12)14-11(19)7-17-8(2)5-10(18)6-9(17)3/h5-6H,4,7H2,1-3H3,(H,14,16,19). The van der Waals surface area contributed by atoms with E-state index in [2.05, 4.69) is 15.5 Å². The maximum Gasteiger partial charge on any atom is 0.246 e. The lowest BCUT2D eigenvalue weighted by Gasteiger charge is -2.13. The summed E-state index contributed by atoms with van der Waals surface area (Å²) in [5.74, 6) is -0.182. The van der Waals surface area contributed by atoms with Crippen LogP contribution in [0.15, 0.2) is 16.9 Å². The topological polar surface area (TPSA) is 76.9 Å². The molecule has 0 bridgehead atoms. The van der Waals surface area contributed by atoms with Gasteiger partial charge >= 0.3 is 0 Å². The molecule has 0 atom stereocenters. The van der Waals surface area contributed by atoms with E-state index in [1.165, 1.54) is 23.5 Å². The first-order chi connectivity index (χ1) is 9.49. The van der Waals surface area contributed by atoms with Crippen molar-refractivity contribution in [2.24, 2.45) is 0 Å². The molecule has 0 aliphatic carbocycles. The van der Waals surface area contributed by atoms with Gasteiger partial charge < -0.3 is 4.57 Å². The van der Waals surface area contributed by atoms with Gasteiger partial charge in [-0.1, -0.05) is 18.3 Å². The van der Waals surface area contributed by atoms with Crippen LogP contribution in [0.4, 0.5) is 5.13 Å². The van der Waals surface area contributed by atoms with Crippen molar-refractivity contribution in [1.82, 2.24) is 14.8 Å². The van der Waals surface area contributed by atoms with Gasteiger partial charge in [-0.05, 0) is 20.3 Å². The summed E-state index contributed by atoms with van der Waals surface area (Å²) in [6.45, 7) is 5.75. The summed E-state index contributed by atoms with van der Waals surface area (Å²) in [5.41, 5.74) is 1.47. The zero-order valence-electron chi connectivity index (χ0n) is 11.6. The lowest BCUT2D eigenvalue weighted by atomic mass is 10.3. The summed E-state index contributed by atoms with van der Waals surface area (Å²) < 4.78 is 1.79. The first-order valence-electron chi connectivity index (χ1n) is 6.30. The smallest absolute Gasteiger partial charge is 0.246 e. The van der Waals surface area contributed by atoms with E-state index < -0.39 is 0 Å². The SMILES string of the molecule is CCc1nnc(NC(=O)Cn2c(C)cc(=O)cc2C)s1. The molecule has 2 aromatic rings. The molecule has 0 saturated carbocycles. The van der Waals surface area contributed by atoms with Gasteiger partial charge in [0.05, 0.1) is 0 Å². The third-order valence-corrected chi connectivity index (χ3v) is 3.85. The molecule has 0 unspecified atom stereocenters. The van der Waals surface area contributed by atoms with Gasteiger partial charge in [0.25, 0.3) is 0 Å². The first-order valence-corrected chi connectivity index (χ1v) is 7.11. The van der Waals surface area contributed by atoms with E-state index in [1.54, 1.807) is 4.57 Å². The van der Waals surface area contributed by atoms with Crippen molar-refractivity contribution < 1.29 is 4.79 Å². The first kappa shape index (κ1) is 14.4. The summed E-state index contributed by atoms with van der Waals surface area (Å²) in [6.07, 6.45) is 0.797. The van der Waals surface area contributed by atoms with Crippen LogP contribution < -0.4 is 10.7 Å². The fourth-order valence-electron chi connectivity index (χ4n) is 1.89. The van der Waals surface area contributed by atoms with E-state index in [1.807, 2.05) is 20.8 Å². The van der Waals surface area contributed by atoms with Gasteiger partial charge in [-0.25, -0.2) is 0 Å². The maximum atomic E-state index is 12.0. The Morgan fingerprint density at radius 3 is 2.50 bits per heavy atom. The lowest BCUT2D eigenvalue weighted by molar-refractivity contribution is -0.116. The molecule has 0 aliphatic rings. The number of carbonyl (C=O) groups excluding carboxylic acids is 1. The molecule has 0 saturated heterocycles. The fraction of sp³-hybridized carbons (Fsp3) is 0.385. The molecule has 0 radical (unpaired) electrons. The number of nitrogens with zero attached hydrogens (tertiary/aromatic N) is 3. The predicted molar refractivity (Wildman–Crippen MR) is 78.1 cm³/mol. The Morgan fingerprint density at radius 1 is 1.30 bits per heavy atom. The summed E-state index contributed by atoms with van der Waals surface area (Å²) in [5, 5.41) is 12.0. The molecule has 7 heteroatoms. The highest BCUT2D eigenvalue weighted by molar-refractivity contribution is 7.15. The highest BCUT2D eigenvalue weighted by Crippen LogP contribution is 2.15. The zero-order valence-corrected chi connectivity index (χ0v) is 12.5. The number of carbonyl (C=O) groups is 1. The Kier molecular flexibility index (Phi) is 4.29. The van der Waals surface area contributed by atoms with Crippen molar-refractivity contribution in [3.63, 3.8) is 0 Å². The minimum atomic E-state index is -0.182. The molecule has 0 aliphatic heterocycles. The van der Waals surface area contributed by atoms with Gasteiger partial charge in [-0.3, -0.25) is 14.9 Å². The number of hydrogen-bond donors (Lipinski definition) is 1.